The van der Waals surface area contributed by atoms with E-state index in [9.17, 15) is 4.79 Å². The van der Waals surface area contributed by atoms with Crippen LogP contribution in [0.2, 0.25) is 0 Å². The Labute approximate surface area is 288 Å². The normalized spacial score (nSPS) is 16.9. The number of anilines is 4. The standard InChI is InChI=1S/C34H54FN7O7/c1-2-42-14-7-10-27(42)25-37-33-39-32(36-24-26-8-4-3-5-9-26)40-34(41-33)38-28-11-6-12-29(31(28)35)49-30(44)13-16-45-18-20-47-22-23-48-21-19-46-17-15-43/h6,11-12,26-27,43H,2-5,7-10,13-25H2,1H3,(H3,36,37,38,39,40,41). The molecule has 1 aliphatic carbocycles. The molecule has 0 bridgehead atoms. The van der Waals surface area contributed by atoms with Gasteiger partial charge in [0.15, 0.2) is 11.6 Å². The van der Waals surface area contributed by atoms with Crippen molar-refractivity contribution in [3.8, 4) is 5.75 Å². The van der Waals surface area contributed by atoms with Gasteiger partial charge < -0.3 is 44.7 Å². The Kier molecular flexibility index (Phi) is 17.7. The minimum atomic E-state index is -0.733. The Hall–Kier alpha value is -3.21. The predicted octanol–water partition coefficient (Wildman–Crippen LogP) is 4.00. The molecule has 14 nitrogen and oxygen atoms in total. The number of likely N-dealkylation sites (tertiary alicyclic amines) is 1. The first-order chi connectivity index (χ1) is 24.1. The number of nitrogens with zero attached hydrogens (tertiary/aromatic N) is 4. The first-order valence-electron chi connectivity index (χ1n) is 17.7. The fourth-order valence-corrected chi connectivity index (χ4v) is 5.93. The van der Waals surface area contributed by atoms with Gasteiger partial charge in [-0.1, -0.05) is 32.3 Å². The summed E-state index contributed by atoms with van der Waals surface area (Å²) in [4.78, 5) is 28.6. The van der Waals surface area contributed by atoms with E-state index in [1.54, 1.807) is 6.07 Å². The van der Waals surface area contributed by atoms with Crippen molar-refractivity contribution < 1.29 is 38.0 Å². The van der Waals surface area contributed by atoms with Crippen molar-refractivity contribution in [2.24, 2.45) is 5.92 Å². The first-order valence-corrected chi connectivity index (χ1v) is 17.7. The van der Waals surface area contributed by atoms with Gasteiger partial charge in [-0.05, 0) is 56.8 Å². The Balaban J connectivity index is 1.24. The molecule has 4 rings (SSSR count). The quantitative estimate of drug-likeness (QED) is 0.0710. The van der Waals surface area contributed by atoms with Gasteiger partial charge in [-0.3, -0.25) is 9.69 Å². The van der Waals surface area contributed by atoms with Crippen molar-refractivity contribution in [1.82, 2.24) is 19.9 Å². The van der Waals surface area contributed by atoms with Crippen molar-refractivity contribution in [3.63, 3.8) is 0 Å². The molecule has 274 valence electrons. The van der Waals surface area contributed by atoms with Gasteiger partial charge >= 0.3 is 5.97 Å². The number of carbonyl (C=O) groups excluding carboxylic acids is 1. The fourth-order valence-electron chi connectivity index (χ4n) is 5.93. The Bertz CT molecular complexity index is 1240. The van der Waals surface area contributed by atoms with E-state index in [0.717, 1.165) is 26.1 Å². The van der Waals surface area contributed by atoms with E-state index in [4.69, 9.17) is 28.8 Å². The number of ether oxygens (including phenoxy) is 5. The lowest BCUT2D eigenvalue weighted by molar-refractivity contribution is -0.135. The maximum Gasteiger partial charge on any atom is 0.313 e. The monoisotopic (exact) mass is 691 g/mol. The lowest BCUT2D eigenvalue weighted by atomic mass is 9.89. The van der Waals surface area contributed by atoms with Crippen LogP contribution in [0.3, 0.4) is 0 Å². The van der Waals surface area contributed by atoms with E-state index in [-0.39, 0.29) is 37.0 Å². The zero-order valence-corrected chi connectivity index (χ0v) is 28.8. The average molecular weight is 692 g/mol. The second-order valence-corrected chi connectivity index (χ2v) is 12.1. The van der Waals surface area contributed by atoms with E-state index in [1.165, 1.54) is 50.7 Å². The molecule has 2 aromatic rings. The van der Waals surface area contributed by atoms with Gasteiger partial charge in [0.2, 0.25) is 17.8 Å². The summed E-state index contributed by atoms with van der Waals surface area (Å²) in [6.07, 6.45) is 8.35. The number of hydrogen-bond donors (Lipinski definition) is 4. The van der Waals surface area contributed by atoms with Gasteiger partial charge in [-0.15, -0.1) is 0 Å². The molecule has 1 unspecified atom stereocenters. The second kappa shape index (κ2) is 22.5. The molecule has 0 spiro atoms. The number of rotatable bonds is 24. The molecule has 4 N–H and O–H groups in total. The van der Waals surface area contributed by atoms with Gasteiger partial charge in [0.1, 0.15) is 0 Å². The topological polar surface area (TPSA) is 161 Å². The summed E-state index contributed by atoms with van der Waals surface area (Å²) in [6, 6.07) is 4.93. The van der Waals surface area contributed by atoms with Crippen LogP contribution in [0.25, 0.3) is 0 Å². The predicted molar refractivity (Wildman–Crippen MR) is 184 cm³/mol. The number of aliphatic hydroxyl groups is 1. The van der Waals surface area contributed by atoms with Crippen molar-refractivity contribution >= 4 is 29.5 Å². The van der Waals surface area contributed by atoms with Gasteiger partial charge in [0, 0.05) is 19.1 Å². The summed E-state index contributed by atoms with van der Waals surface area (Å²) in [5.74, 6) is 0.0205. The third-order valence-electron chi connectivity index (χ3n) is 8.55. The largest absolute Gasteiger partial charge is 0.423 e. The van der Waals surface area contributed by atoms with E-state index < -0.39 is 11.8 Å². The van der Waals surface area contributed by atoms with Crippen molar-refractivity contribution in [3.05, 3.63) is 24.0 Å². The summed E-state index contributed by atoms with van der Waals surface area (Å²) in [5, 5.41) is 18.4. The summed E-state index contributed by atoms with van der Waals surface area (Å²) in [7, 11) is 0. The molecule has 0 amide bonds. The molecule has 1 saturated carbocycles. The summed E-state index contributed by atoms with van der Waals surface area (Å²) >= 11 is 0. The number of benzene rings is 1. The third kappa shape index (κ3) is 14.3. The number of halogens is 1. The van der Waals surface area contributed by atoms with Crippen LogP contribution in [0.15, 0.2) is 18.2 Å². The second-order valence-electron chi connectivity index (χ2n) is 12.1. The smallest absolute Gasteiger partial charge is 0.313 e. The molecule has 1 atom stereocenters. The molecule has 1 saturated heterocycles. The zero-order chi connectivity index (χ0) is 34.5. The molecule has 0 radical (unpaired) electrons. The lowest BCUT2D eigenvalue weighted by Crippen LogP contribution is -2.35. The molecule has 2 aliphatic rings. The summed E-state index contributed by atoms with van der Waals surface area (Å²) < 4.78 is 42.1. The van der Waals surface area contributed by atoms with Gasteiger partial charge in [0.25, 0.3) is 0 Å². The first kappa shape index (κ1) is 38.6. The number of hydrogen-bond acceptors (Lipinski definition) is 14. The highest BCUT2D eigenvalue weighted by Gasteiger charge is 2.23. The van der Waals surface area contributed by atoms with Crippen molar-refractivity contribution in [2.75, 3.05) is 102 Å². The van der Waals surface area contributed by atoms with Crippen molar-refractivity contribution in [2.45, 2.75) is 64.3 Å². The van der Waals surface area contributed by atoms with Crippen LogP contribution in [0.4, 0.5) is 27.9 Å². The number of esters is 1. The number of aliphatic hydroxyl groups excluding tert-OH is 1. The average Bonchev–Trinajstić information content (AvgIpc) is 3.58. The van der Waals surface area contributed by atoms with Gasteiger partial charge in [-0.25, -0.2) is 4.39 Å². The number of likely N-dealkylation sites (N-methyl/N-ethyl adjacent to an activating group) is 1. The lowest BCUT2D eigenvalue weighted by Gasteiger charge is -2.23. The minimum absolute atomic E-state index is 0.0117. The maximum absolute atomic E-state index is 15.5. The molecular weight excluding hydrogens is 637 g/mol. The Morgan fingerprint density at radius 1 is 0.837 bits per heavy atom. The molecule has 49 heavy (non-hydrogen) atoms. The molecule has 1 aromatic carbocycles. The number of nitrogens with one attached hydrogen (secondary N) is 3. The van der Waals surface area contributed by atoms with E-state index in [2.05, 4.69) is 42.7 Å². The summed E-state index contributed by atoms with van der Waals surface area (Å²) in [5.41, 5.74) is 0.0729. The number of carbonyl (C=O) groups is 1. The van der Waals surface area contributed by atoms with Gasteiger partial charge in [0.05, 0.1) is 71.6 Å². The summed E-state index contributed by atoms with van der Waals surface area (Å²) in [6.45, 7) is 8.39. The maximum atomic E-state index is 15.5. The molecule has 2 fully saturated rings. The van der Waals surface area contributed by atoms with Crippen LogP contribution in [0.5, 0.6) is 5.75 Å². The van der Waals surface area contributed by atoms with E-state index in [0.29, 0.717) is 76.6 Å². The fraction of sp³-hybridized carbons (Fsp3) is 0.706. The molecule has 15 heteroatoms. The molecule has 1 aromatic heterocycles. The van der Waals surface area contributed by atoms with E-state index >= 15 is 4.39 Å². The number of aromatic nitrogens is 3. The highest BCUT2D eigenvalue weighted by atomic mass is 19.1. The van der Waals surface area contributed by atoms with Crippen LogP contribution >= 0.6 is 0 Å². The van der Waals surface area contributed by atoms with Crippen LogP contribution in [-0.2, 0) is 23.7 Å². The molecule has 2 heterocycles. The zero-order valence-electron chi connectivity index (χ0n) is 28.8. The van der Waals surface area contributed by atoms with Crippen LogP contribution in [0, 0.1) is 11.7 Å². The Morgan fingerprint density at radius 2 is 1.47 bits per heavy atom. The van der Waals surface area contributed by atoms with Crippen LogP contribution < -0.4 is 20.7 Å². The van der Waals surface area contributed by atoms with Crippen molar-refractivity contribution in [1.29, 1.82) is 0 Å². The minimum Gasteiger partial charge on any atom is -0.423 e. The van der Waals surface area contributed by atoms with Gasteiger partial charge in [-0.2, -0.15) is 15.0 Å². The highest BCUT2D eigenvalue weighted by Crippen LogP contribution is 2.28. The molecule has 1 aliphatic heterocycles. The van der Waals surface area contributed by atoms with Crippen LogP contribution in [0.1, 0.15) is 58.3 Å². The third-order valence-corrected chi connectivity index (χ3v) is 8.55. The highest BCUT2D eigenvalue weighted by molar-refractivity contribution is 5.73. The van der Waals surface area contributed by atoms with Crippen LogP contribution in [-0.4, -0.2) is 123 Å². The SMILES string of the molecule is CCN1CCCC1CNc1nc(NCC2CCCCC2)nc(Nc2cccc(OC(=O)CCOCCOCCOCCOCCO)c2F)n1. The Morgan fingerprint density at radius 3 is 2.14 bits per heavy atom. The van der Waals surface area contributed by atoms with E-state index in [1.807, 2.05) is 0 Å². The molecular formula is C34H54FN7O7.